The standard InChI is InChI=1S/C18H22N2O4/c1-12(9-15(21)17-7-4-8-23-17)20-18(22)19-11-14-10-13-5-2-3-6-16(13)24-14/h2-8,12,14-15,21H,9-11H2,1H3,(H2,19,20,22)/t12-,14-,15+/m1/s1. The molecule has 0 unspecified atom stereocenters. The second kappa shape index (κ2) is 7.40. The molecule has 2 amide bonds. The predicted octanol–water partition coefficient (Wildman–Crippen LogP) is 2.39. The topological polar surface area (TPSA) is 83.7 Å². The summed E-state index contributed by atoms with van der Waals surface area (Å²) in [5.41, 5.74) is 1.17. The van der Waals surface area contributed by atoms with Gasteiger partial charge in [0.15, 0.2) is 0 Å². The average molecular weight is 330 g/mol. The van der Waals surface area contributed by atoms with E-state index in [4.69, 9.17) is 9.15 Å². The first-order valence-corrected chi connectivity index (χ1v) is 8.12. The molecule has 0 fully saturated rings. The number of nitrogens with one attached hydrogen (secondary N) is 2. The van der Waals surface area contributed by atoms with E-state index < -0.39 is 6.10 Å². The summed E-state index contributed by atoms with van der Waals surface area (Å²) in [6.07, 6.45) is 1.92. The molecule has 24 heavy (non-hydrogen) atoms. The maximum Gasteiger partial charge on any atom is 0.315 e. The van der Waals surface area contributed by atoms with Crippen LogP contribution in [0.1, 0.15) is 30.8 Å². The average Bonchev–Trinajstić information content (AvgIpc) is 3.21. The molecule has 1 aliphatic heterocycles. The Morgan fingerprint density at radius 3 is 2.92 bits per heavy atom. The third-order valence-corrected chi connectivity index (χ3v) is 4.03. The summed E-state index contributed by atoms with van der Waals surface area (Å²) in [5, 5.41) is 15.6. The summed E-state index contributed by atoms with van der Waals surface area (Å²) in [4.78, 5) is 12.0. The monoisotopic (exact) mass is 330 g/mol. The van der Waals surface area contributed by atoms with E-state index in [-0.39, 0.29) is 18.2 Å². The number of para-hydroxylation sites is 1. The lowest BCUT2D eigenvalue weighted by Gasteiger charge is -2.18. The Labute approximate surface area is 140 Å². The van der Waals surface area contributed by atoms with Crippen LogP contribution < -0.4 is 15.4 Å². The first-order valence-electron chi connectivity index (χ1n) is 8.12. The summed E-state index contributed by atoms with van der Waals surface area (Å²) in [6, 6.07) is 10.9. The number of urea groups is 1. The van der Waals surface area contributed by atoms with Crippen molar-refractivity contribution >= 4 is 6.03 Å². The van der Waals surface area contributed by atoms with Crippen LogP contribution in [0.2, 0.25) is 0 Å². The zero-order chi connectivity index (χ0) is 16.9. The van der Waals surface area contributed by atoms with Crippen LogP contribution in [0.15, 0.2) is 47.1 Å². The quantitative estimate of drug-likeness (QED) is 0.759. The molecular formula is C18H22N2O4. The molecule has 6 heteroatoms. The smallest absolute Gasteiger partial charge is 0.315 e. The highest BCUT2D eigenvalue weighted by Gasteiger charge is 2.23. The number of aliphatic hydroxyl groups excluding tert-OH is 1. The Morgan fingerprint density at radius 2 is 2.17 bits per heavy atom. The molecule has 0 saturated heterocycles. The molecule has 6 nitrogen and oxygen atoms in total. The van der Waals surface area contributed by atoms with Crippen molar-refractivity contribution in [3.8, 4) is 5.75 Å². The Bertz CT molecular complexity index is 646. The van der Waals surface area contributed by atoms with Gasteiger partial charge >= 0.3 is 6.03 Å². The third-order valence-electron chi connectivity index (χ3n) is 4.03. The van der Waals surface area contributed by atoms with Gasteiger partial charge < -0.3 is 24.9 Å². The van der Waals surface area contributed by atoms with Crippen LogP contribution >= 0.6 is 0 Å². The van der Waals surface area contributed by atoms with Crippen molar-refractivity contribution in [3.05, 3.63) is 54.0 Å². The van der Waals surface area contributed by atoms with E-state index in [0.717, 1.165) is 12.2 Å². The van der Waals surface area contributed by atoms with E-state index in [2.05, 4.69) is 10.6 Å². The fourth-order valence-corrected chi connectivity index (χ4v) is 2.84. The van der Waals surface area contributed by atoms with E-state index in [1.54, 1.807) is 12.1 Å². The molecule has 3 N–H and O–H groups in total. The lowest BCUT2D eigenvalue weighted by Crippen LogP contribution is -2.44. The molecular weight excluding hydrogens is 308 g/mol. The molecule has 1 aromatic heterocycles. The summed E-state index contributed by atoms with van der Waals surface area (Å²) in [5.74, 6) is 1.39. The number of hydrogen-bond donors (Lipinski definition) is 3. The Hall–Kier alpha value is -2.47. The van der Waals surface area contributed by atoms with E-state index in [9.17, 15) is 9.90 Å². The van der Waals surface area contributed by atoms with Gasteiger partial charge in [0.1, 0.15) is 23.7 Å². The van der Waals surface area contributed by atoms with E-state index in [1.165, 1.54) is 11.8 Å². The molecule has 0 saturated carbocycles. The van der Waals surface area contributed by atoms with Gasteiger partial charge in [0.25, 0.3) is 0 Å². The maximum absolute atomic E-state index is 12.0. The van der Waals surface area contributed by atoms with Crippen LogP contribution in [0.5, 0.6) is 5.75 Å². The first kappa shape index (κ1) is 16.4. The summed E-state index contributed by atoms with van der Waals surface area (Å²) in [6.45, 7) is 2.28. The lowest BCUT2D eigenvalue weighted by atomic mass is 10.1. The number of rotatable bonds is 6. The second-order valence-corrected chi connectivity index (χ2v) is 6.07. The van der Waals surface area contributed by atoms with Gasteiger partial charge in [-0.25, -0.2) is 4.79 Å². The van der Waals surface area contributed by atoms with Crippen molar-refractivity contribution in [1.82, 2.24) is 10.6 Å². The Morgan fingerprint density at radius 1 is 1.33 bits per heavy atom. The Kier molecular flexibility index (Phi) is 5.05. The van der Waals surface area contributed by atoms with Gasteiger partial charge in [0.05, 0.1) is 12.8 Å². The number of amides is 2. The largest absolute Gasteiger partial charge is 0.488 e. The molecule has 0 radical (unpaired) electrons. The van der Waals surface area contributed by atoms with Gasteiger partial charge in [-0.05, 0) is 30.7 Å². The molecule has 3 rings (SSSR count). The number of fused-ring (bicyclic) bond motifs is 1. The molecule has 0 spiro atoms. The number of aliphatic hydroxyl groups is 1. The SMILES string of the molecule is C[C@H](C[C@H](O)c1ccco1)NC(=O)NC[C@H]1Cc2ccccc2O1. The van der Waals surface area contributed by atoms with Crippen molar-refractivity contribution in [1.29, 1.82) is 0 Å². The molecule has 2 aromatic rings. The van der Waals surface area contributed by atoms with Crippen molar-refractivity contribution in [3.63, 3.8) is 0 Å². The molecule has 3 atom stereocenters. The summed E-state index contributed by atoms with van der Waals surface area (Å²) < 4.78 is 10.9. The van der Waals surface area contributed by atoms with Crippen molar-refractivity contribution < 1.29 is 19.1 Å². The minimum atomic E-state index is -0.733. The number of hydrogen-bond acceptors (Lipinski definition) is 4. The van der Waals surface area contributed by atoms with Crippen LogP contribution in [0.4, 0.5) is 4.79 Å². The van der Waals surface area contributed by atoms with E-state index in [0.29, 0.717) is 18.7 Å². The fourth-order valence-electron chi connectivity index (χ4n) is 2.84. The van der Waals surface area contributed by atoms with Gasteiger partial charge in [-0.1, -0.05) is 18.2 Å². The number of carbonyl (C=O) groups excluding carboxylic acids is 1. The molecule has 0 aliphatic carbocycles. The summed E-state index contributed by atoms with van der Waals surface area (Å²) in [7, 11) is 0. The van der Waals surface area contributed by atoms with Crippen molar-refractivity contribution in [2.24, 2.45) is 0 Å². The molecule has 1 aromatic carbocycles. The summed E-state index contributed by atoms with van der Waals surface area (Å²) >= 11 is 0. The van der Waals surface area contributed by atoms with Gasteiger partial charge in [-0.3, -0.25) is 0 Å². The number of ether oxygens (including phenoxy) is 1. The van der Waals surface area contributed by atoms with Crippen LogP contribution in [0.3, 0.4) is 0 Å². The predicted molar refractivity (Wildman–Crippen MR) is 88.8 cm³/mol. The molecule has 2 heterocycles. The number of furan rings is 1. The highest BCUT2D eigenvalue weighted by molar-refractivity contribution is 5.74. The van der Waals surface area contributed by atoms with Gasteiger partial charge in [0.2, 0.25) is 0 Å². The molecule has 128 valence electrons. The number of benzene rings is 1. The second-order valence-electron chi connectivity index (χ2n) is 6.07. The highest BCUT2D eigenvalue weighted by Crippen LogP contribution is 2.27. The normalized spacial score (nSPS) is 18.3. The van der Waals surface area contributed by atoms with E-state index in [1.807, 2.05) is 31.2 Å². The van der Waals surface area contributed by atoms with Crippen LogP contribution in [-0.4, -0.2) is 29.8 Å². The van der Waals surface area contributed by atoms with Crippen LogP contribution in [0, 0.1) is 0 Å². The maximum atomic E-state index is 12.0. The van der Waals surface area contributed by atoms with Gasteiger partial charge in [0, 0.05) is 18.9 Å². The van der Waals surface area contributed by atoms with Gasteiger partial charge in [-0.15, -0.1) is 0 Å². The zero-order valence-electron chi connectivity index (χ0n) is 13.6. The first-order chi connectivity index (χ1) is 11.6. The van der Waals surface area contributed by atoms with Crippen LogP contribution in [0.25, 0.3) is 0 Å². The number of carbonyl (C=O) groups is 1. The molecule has 0 bridgehead atoms. The zero-order valence-corrected chi connectivity index (χ0v) is 13.6. The minimum absolute atomic E-state index is 0.0443. The Balaban J connectivity index is 1.38. The third kappa shape index (κ3) is 4.08. The van der Waals surface area contributed by atoms with Gasteiger partial charge in [-0.2, -0.15) is 0 Å². The van der Waals surface area contributed by atoms with Crippen LogP contribution in [-0.2, 0) is 6.42 Å². The fraction of sp³-hybridized carbons (Fsp3) is 0.389. The highest BCUT2D eigenvalue weighted by atomic mass is 16.5. The van der Waals surface area contributed by atoms with Crippen molar-refractivity contribution in [2.45, 2.75) is 38.0 Å². The molecule has 1 aliphatic rings. The van der Waals surface area contributed by atoms with E-state index >= 15 is 0 Å². The van der Waals surface area contributed by atoms with Crippen molar-refractivity contribution in [2.75, 3.05) is 6.54 Å². The lowest BCUT2D eigenvalue weighted by molar-refractivity contribution is 0.129. The minimum Gasteiger partial charge on any atom is -0.488 e.